The largest absolute Gasteiger partial charge is 0.394 e. The van der Waals surface area contributed by atoms with Crippen molar-refractivity contribution in [3.8, 4) is 0 Å². The van der Waals surface area contributed by atoms with E-state index in [4.69, 9.17) is 0 Å². The molecule has 5 nitrogen and oxygen atoms in total. The predicted octanol–water partition coefficient (Wildman–Crippen LogP) is 12.0. The zero-order valence-electron chi connectivity index (χ0n) is 32.4. The number of hydrogen-bond acceptors (Lipinski definition) is 4. The molecule has 0 aliphatic heterocycles. The van der Waals surface area contributed by atoms with E-state index in [1.54, 1.807) is 0 Å². The third kappa shape index (κ3) is 33.6. The van der Waals surface area contributed by atoms with Crippen molar-refractivity contribution < 1.29 is 20.1 Å². The molecule has 0 fully saturated rings. The average Bonchev–Trinajstić information content (AvgIpc) is 3.09. The first-order valence-electron chi connectivity index (χ1n) is 21.5. The van der Waals surface area contributed by atoms with Gasteiger partial charge in [0.25, 0.3) is 0 Å². The van der Waals surface area contributed by atoms with Crippen LogP contribution in [0.15, 0.2) is 12.2 Å². The van der Waals surface area contributed by atoms with Crippen LogP contribution in [0.3, 0.4) is 0 Å². The van der Waals surface area contributed by atoms with Crippen LogP contribution in [-0.2, 0) is 4.79 Å². The van der Waals surface area contributed by atoms with Crippen molar-refractivity contribution in [3.63, 3.8) is 0 Å². The second-order valence-corrected chi connectivity index (χ2v) is 14.9. The van der Waals surface area contributed by atoms with Crippen LogP contribution >= 0.6 is 0 Å². The Bertz CT molecular complexity index is 669. The van der Waals surface area contributed by atoms with Gasteiger partial charge in [-0.15, -0.1) is 0 Å². The van der Waals surface area contributed by atoms with E-state index in [-0.39, 0.29) is 12.5 Å². The first kappa shape index (κ1) is 47.1. The minimum absolute atomic E-state index is 0.152. The Hall–Kier alpha value is -0.910. The van der Waals surface area contributed by atoms with Crippen molar-refractivity contribution in [1.82, 2.24) is 5.32 Å². The predicted molar refractivity (Wildman–Crippen MR) is 208 cm³/mol. The second-order valence-electron chi connectivity index (χ2n) is 14.9. The van der Waals surface area contributed by atoms with Gasteiger partial charge in [0.1, 0.15) is 6.10 Å². The number of aliphatic hydroxyl groups excluding tert-OH is 3. The minimum Gasteiger partial charge on any atom is -0.394 e. The Balaban J connectivity index is 3.54. The van der Waals surface area contributed by atoms with E-state index < -0.39 is 18.2 Å². The van der Waals surface area contributed by atoms with Gasteiger partial charge >= 0.3 is 0 Å². The minimum atomic E-state index is -1.15. The lowest BCUT2D eigenvalue weighted by Crippen LogP contribution is -2.50. The van der Waals surface area contributed by atoms with E-state index in [0.29, 0.717) is 12.8 Å². The molecule has 0 heterocycles. The Morgan fingerprint density at radius 1 is 0.500 bits per heavy atom. The van der Waals surface area contributed by atoms with Crippen LogP contribution in [0.4, 0.5) is 0 Å². The van der Waals surface area contributed by atoms with Crippen LogP contribution in [0.1, 0.15) is 232 Å². The maximum absolute atomic E-state index is 12.4. The number of hydrogen-bond donors (Lipinski definition) is 4. The molecule has 0 rings (SSSR count). The Labute approximate surface area is 299 Å². The van der Waals surface area contributed by atoms with Crippen molar-refractivity contribution in [3.05, 3.63) is 12.2 Å². The number of carbonyl (C=O) groups excluding carboxylic acids is 1. The fraction of sp³-hybridized carbons (Fsp3) is 0.930. The number of carbonyl (C=O) groups is 1. The number of unbranched alkanes of at least 4 members (excludes halogenated alkanes) is 29. The van der Waals surface area contributed by atoms with Gasteiger partial charge in [0, 0.05) is 6.42 Å². The quantitative estimate of drug-likeness (QED) is 0.0384. The number of amides is 1. The van der Waals surface area contributed by atoms with E-state index in [1.165, 1.54) is 167 Å². The standard InChI is InChI=1S/C43H85NO4/c1-3-5-7-9-11-13-15-16-17-18-19-20-21-22-23-24-25-26-27-28-30-32-34-36-38-42(47)44-40(39-45)43(48)41(46)37-35-33-31-29-14-12-10-8-6-4-2/h29,31,40-41,43,45-46,48H,3-28,30,32-39H2,1-2H3,(H,44,47)/b31-29+. The molecule has 0 aliphatic rings. The molecule has 0 spiro atoms. The summed E-state index contributed by atoms with van der Waals surface area (Å²) in [5.41, 5.74) is 0. The second kappa shape index (κ2) is 38.9. The van der Waals surface area contributed by atoms with E-state index in [9.17, 15) is 20.1 Å². The van der Waals surface area contributed by atoms with Crippen molar-refractivity contribution in [2.45, 2.75) is 250 Å². The summed E-state index contributed by atoms with van der Waals surface area (Å²) in [5.74, 6) is -0.152. The van der Waals surface area contributed by atoms with E-state index >= 15 is 0 Å². The van der Waals surface area contributed by atoms with Crippen molar-refractivity contribution in [2.75, 3.05) is 6.61 Å². The zero-order valence-corrected chi connectivity index (χ0v) is 32.4. The molecule has 0 aromatic rings. The van der Waals surface area contributed by atoms with Gasteiger partial charge in [-0.3, -0.25) is 4.79 Å². The molecule has 0 aliphatic carbocycles. The lowest BCUT2D eigenvalue weighted by Gasteiger charge is -2.26. The van der Waals surface area contributed by atoms with Crippen LogP contribution in [0.2, 0.25) is 0 Å². The number of nitrogens with one attached hydrogen (secondary N) is 1. The van der Waals surface area contributed by atoms with Crippen molar-refractivity contribution >= 4 is 5.91 Å². The van der Waals surface area contributed by atoms with Gasteiger partial charge < -0.3 is 20.6 Å². The SMILES string of the molecule is CCCCCCC/C=C/CCCC(O)C(O)C(CO)NC(=O)CCCCCCCCCCCCCCCCCCCCCCCCCC. The van der Waals surface area contributed by atoms with Gasteiger partial charge in [-0.1, -0.05) is 199 Å². The van der Waals surface area contributed by atoms with Gasteiger partial charge in [-0.2, -0.15) is 0 Å². The summed E-state index contributed by atoms with van der Waals surface area (Å²) in [6.07, 6.45) is 44.8. The highest BCUT2D eigenvalue weighted by Gasteiger charge is 2.26. The molecule has 4 N–H and O–H groups in total. The molecule has 286 valence electrons. The molecule has 0 bridgehead atoms. The molecule has 48 heavy (non-hydrogen) atoms. The fourth-order valence-electron chi connectivity index (χ4n) is 6.75. The van der Waals surface area contributed by atoms with Crippen LogP contribution in [0, 0.1) is 0 Å². The van der Waals surface area contributed by atoms with Crippen molar-refractivity contribution in [2.24, 2.45) is 0 Å². The van der Waals surface area contributed by atoms with E-state index in [1.807, 2.05) is 0 Å². The molecule has 0 aromatic heterocycles. The molecule has 3 atom stereocenters. The first-order chi connectivity index (χ1) is 23.6. The summed E-state index contributed by atoms with van der Waals surface area (Å²) in [6.45, 7) is 4.15. The summed E-state index contributed by atoms with van der Waals surface area (Å²) in [5, 5.41) is 33.3. The Morgan fingerprint density at radius 2 is 0.833 bits per heavy atom. The van der Waals surface area contributed by atoms with Gasteiger partial charge in [-0.05, 0) is 38.5 Å². The maximum Gasteiger partial charge on any atom is 0.220 e. The maximum atomic E-state index is 12.4. The third-order valence-electron chi connectivity index (χ3n) is 10.1. The summed E-state index contributed by atoms with van der Waals surface area (Å²) in [6, 6.07) is -0.819. The highest BCUT2D eigenvalue weighted by molar-refractivity contribution is 5.76. The molecule has 0 saturated heterocycles. The molecule has 1 amide bonds. The van der Waals surface area contributed by atoms with E-state index in [0.717, 1.165) is 38.5 Å². The molecular formula is C43H85NO4. The third-order valence-corrected chi connectivity index (χ3v) is 10.1. The normalized spacial score (nSPS) is 13.7. The van der Waals surface area contributed by atoms with Crippen LogP contribution < -0.4 is 5.32 Å². The van der Waals surface area contributed by atoms with E-state index in [2.05, 4.69) is 31.3 Å². The average molecular weight is 680 g/mol. The topological polar surface area (TPSA) is 89.8 Å². The molecular weight excluding hydrogens is 594 g/mol. The highest BCUT2D eigenvalue weighted by atomic mass is 16.3. The number of allylic oxidation sites excluding steroid dienone is 2. The lowest BCUT2D eigenvalue weighted by molar-refractivity contribution is -0.124. The molecule has 5 heteroatoms. The number of rotatable bonds is 39. The number of aliphatic hydroxyl groups is 3. The molecule has 0 radical (unpaired) electrons. The Morgan fingerprint density at radius 3 is 1.21 bits per heavy atom. The Kier molecular flexibility index (Phi) is 38.1. The van der Waals surface area contributed by atoms with Gasteiger partial charge in [0.05, 0.1) is 18.8 Å². The summed E-state index contributed by atoms with van der Waals surface area (Å²) in [7, 11) is 0. The zero-order chi connectivity index (χ0) is 35.2. The first-order valence-corrected chi connectivity index (χ1v) is 21.5. The van der Waals surface area contributed by atoms with Crippen LogP contribution in [0.5, 0.6) is 0 Å². The molecule has 0 aromatic carbocycles. The lowest BCUT2D eigenvalue weighted by atomic mass is 10.0. The summed E-state index contributed by atoms with van der Waals surface area (Å²) in [4.78, 5) is 12.4. The van der Waals surface area contributed by atoms with Gasteiger partial charge in [0.15, 0.2) is 0 Å². The van der Waals surface area contributed by atoms with Crippen LogP contribution in [-0.4, -0.2) is 46.1 Å². The monoisotopic (exact) mass is 680 g/mol. The molecule has 0 saturated carbocycles. The van der Waals surface area contributed by atoms with Crippen molar-refractivity contribution in [1.29, 1.82) is 0 Å². The van der Waals surface area contributed by atoms with Crippen LogP contribution in [0.25, 0.3) is 0 Å². The van der Waals surface area contributed by atoms with Gasteiger partial charge in [0.2, 0.25) is 5.91 Å². The summed E-state index contributed by atoms with van der Waals surface area (Å²) < 4.78 is 0. The summed E-state index contributed by atoms with van der Waals surface area (Å²) >= 11 is 0. The molecule has 3 unspecified atom stereocenters. The smallest absolute Gasteiger partial charge is 0.220 e. The highest BCUT2D eigenvalue weighted by Crippen LogP contribution is 2.16. The fourth-order valence-corrected chi connectivity index (χ4v) is 6.75. The van der Waals surface area contributed by atoms with Gasteiger partial charge in [-0.25, -0.2) is 0 Å².